The third kappa shape index (κ3) is 4.82. The number of halogens is 3. The molecule has 2 heterocycles. The topological polar surface area (TPSA) is 55.1 Å². The fourth-order valence-electron chi connectivity index (χ4n) is 3.76. The SMILES string of the molecule is O=C(O)CCc1ccc2c(c1)c(CCc1ccccc1)cn2-c1ccc(C(F)(F)F)cn1. The lowest BCUT2D eigenvalue weighted by atomic mass is 10.0. The maximum Gasteiger partial charge on any atom is 0.417 e. The summed E-state index contributed by atoms with van der Waals surface area (Å²) in [6, 6.07) is 18.1. The smallest absolute Gasteiger partial charge is 0.417 e. The van der Waals surface area contributed by atoms with E-state index in [9.17, 15) is 18.0 Å². The van der Waals surface area contributed by atoms with Crippen LogP contribution in [0.3, 0.4) is 0 Å². The van der Waals surface area contributed by atoms with E-state index in [0.29, 0.717) is 12.2 Å². The fraction of sp³-hybridized carbons (Fsp3) is 0.200. The summed E-state index contributed by atoms with van der Waals surface area (Å²) in [6.07, 6.45) is 0.287. The number of nitrogens with zero attached hydrogens (tertiary/aromatic N) is 2. The molecule has 2 aromatic carbocycles. The number of rotatable bonds is 7. The number of pyridine rings is 1. The summed E-state index contributed by atoms with van der Waals surface area (Å²) in [7, 11) is 0. The molecule has 7 heteroatoms. The minimum Gasteiger partial charge on any atom is -0.481 e. The molecule has 0 spiro atoms. The number of aliphatic carboxylic acids is 1. The van der Waals surface area contributed by atoms with Crippen LogP contribution >= 0.6 is 0 Å². The molecule has 0 fully saturated rings. The molecule has 0 unspecified atom stereocenters. The van der Waals surface area contributed by atoms with E-state index in [0.717, 1.165) is 47.1 Å². The summed E-state index contributed by atoms with van der Waals surface area (Å²) in [5.41, 5.74) is 3.14. The number of fused-ring (bicyclic) bond motifs is 1. The minimum atomic E-state index is -4.44. The van der Waals surface area contributed by atoms with Crippen LogP contribution < -0.4 is 0 Å². The molecule has 0 atom stereocenters. The number of aromatic nitrogens is 2. The molecule has 0 aliphatic rings. The second kappa shape index (κ2) is 8.86. The van der Waals surface area contributed by atoms with E-state index in [1.165, 1.54) is 11.6 Å². The van der Waals surface area contributed by atoms with E-state index in [1.54, 1.807) is 4.57 Å². The van der Waals surface area contributed by atoms with Crippen molar-refractivity contribution in [2.75, 3.05) is 0 Å². The molecule has 0 bridgehead atoms. The van der Waals surface area contributed by atoms with Gasteiger partial charge in [-0.05, 0) is 60.2 Å². The standard InChI is InChI=1S/C25H21F3N2O2/c26-25(27,28)20-10-12-23(29-15-20)30-16-19(9-6-17-4-2-1-3-5-17)21-14-18(7-11-22(21)30)8-13-24(31)32/h1-5,7,10-12,14-16H,6,8-9,13H2,(H,31,32). The number of hydrogen-bond donors (Lipinski definition) is 1. The third-order valence-electron chi connectivity index (χ3n) is 5.43. The predicted molar refractivity (Wildman–Crippen MR) is 116 cm³/mol. The number of alkyl halides is 3. The number of carbonyl (C=O) groups is 1. The highest BCUT2D eigenvalue weighted by Gasteiger charge is 2.30. The first-order chi connectivity index (χ1) is 15.3. The molecule has 0 aliphatic carbocycles. The summed E-state index contributed by atoms with van der Waals surface area (Å²) in [4.78, 5) is 15.0. The van der Waals surface area contributed by atoms with E-state index in [4.69, 9.17) is 5.11 Å². The Kier molecular flexibility index (Phi) is 5.99. The van der Waals surface area contributed by atoms with Gasteiger partial charge in [0.05, 0.1) is 11.1 Å². The normalized spacial score (nSPS) is 11.7. The number of benzene rings is 2. The van der Waals surface area contributed by atoms with Gasteiger partial charge in [0.15, 0.2) is 0 Å². The van der Waals surface area contributed by atoms with Gasteiger partial charge in [0, 0.05) is 24.2 Å². The van der Waals surface area contributed by atoms with Crippen LogP contribution in [0, 0.1) is 0 Å². The molecule has 0 amide bonds. The Hall–Kier alpha value is -3.61. The van der Waals surface area contributed by atoms with Crippen molar-refractivity contribution in [1.29, 1.82) is 0 Å². The van der Waals surface area contributed by atoms with Crippen molar-refractivity contribution in [3.05, 3.63) is 95.3 Å². The summed E-state index contributed by atoms with van der Waals surface area (Å²) >= 11 is 0. The van der Waals surface area contributed by atoms with Crippen LogP contribution in [0.15, 0.2) is 73.1 Å². The lowest BCUT2D eigenvalue weighted by Crippen LogP contribution is -2.06. The van der Waals surface area contributed by atoms with Gasteiger partial charge >= 0.3 is 12.1 Å². The zero-order chi connectivity index (χ0) is 22.7. The lowest BCUT2D eigenvalue weighted by Gasteiger charge is -2.08. The second-order valence-electron chi connectivity index (χ2n) is 7.66. The van der Waals surface area contributed by atoms with E-state index >= 15 is 0 Å². The highest BCUT2D eigenvalue weighted by atomic mass is 19.4. The Morgan fingerprint density at radius 1 is 0.938 bits per heavy atom. The van der Waals surface area contributed by atoms with Gasteiger partial charge in [0.1, 0.15) is 5.82 Å². The monoisotopic (exact) mass is 438 g/mol. The molecule has 1 N–H and O–H groups in total. The Morgan fingerprint density at radius 3 is 2.38 bits per heavy atom. The van der Waals surface area contributed by atoms with Crippen LogP contribution in [-0.2, 0) is 30.2 Å². The maximum absolute atomic E-state index is 12.9. The van der Waals surface area contributed by atoms with Crippen LogP contribution in [0.25, 0.3) is 16.7 Å². The van der Waals surface area contributed by atoms with Gasteiger partial charge in [-0.25, -0.2) is 4.98 Å². The average molecular weight is 438 g/mol. The van der Waals surface area contributed by atoms with Gasteiger partial charge in [-0.3, -0.25) is 4.79 Å². The number of aryl methyl sites for hydroxylation is 3. The van der Waals surface area contributed by atoms with Gasteiger partial charge in [0.25, 0.3) is 0 Å². The van der Waals surface area contributed by atoms with Crippen molar-refractivity contribution in [2.24, 2.45) is 0 Å². The van der Waals surface area contributed by atoms with Gasteiger partial charge in [-0.15, -0.1) is 0 Å². The van der Waals surface area contributed by atoms with Crippen molar-refractivity contribution in [1.82, 2.24) is 9.55 Å². The number of carboxylic acid groups (broad SMARTS) is 1. The maximum atomic E-state index is 12.9. The molecule has 0 radical (unpaired) electrons. The lowest BCUT2D eigenvalue weighted by molar-refractivity contribution is -0.138. The summed E-state index contributed by atoms with van der Waals surface area (Å²) in [5, 5.41) is 9.94. The van der Waals surface area contributed by atoms with E-state index < -0.39 is 17.7 Å². The van der Waals surface area contributed by atoms with Crippen LogP contribution in [0.1, 0.15) is 28.7 Å². The van der Waals surface area contributed by atoms with Crippen LogP contribution in [0.2, 0.25) is 0 Å². The Balaban J connectivity index is 1.72. The molecule has 0 saturated heterocycles. The third-order valence-corrected chi connectivity index (χ3v) is 5.43. The van der Waals surface area contributed by atoms with E-state index in [-0.39, 0.29) is 6.42 Å². The van der Waals surface area contributed by atoms with Crippen molar-refractivity contribution in [3.8, 4) is 5.82 Å². The molecule has 0 saturated carbocycles. The number of carboxylic acids is 1. The van der Waals surface area contributed by atoms with Crippen LogP contribution in [0.5, 0.6) is 0 Å². The highest BCUT2D eigenvalue weighted by molar-refractivity contribution is 5.86. The predicted octanol–water partition coefficient (Wildman–Crippen LogP) is 5.85. The highest BCUT2D eigenvalue weighted by Crippen LogP contribution is 2.31. The van der Waals surface area contributed by atoms with E-state index in [1.807, 2.05) is 42.6 Å². The van der Waals surface area contributed by atoms with E-state index in [2.05, 4.69) is 17.1 Å². The minimum absolute atomic E-state index is 0.0338. The van der Waals surface area contributed by atoms with Crippen molar-refractivity contribution < 1.29 is 23.1 Å². The Morgan fingerprint density at radius 2 is 1.72 bits per heavy atom. The van der Waals surface area contributed by atoms with Gasteiger partial charge in [-0.1, -0.05) is 36.4 Å². The molecular weight excluding hydrogens is 417 g/mol. The molecule has 4 nitrogen and oxygen atoms in total. The zero-order valence-electron chi connectivity index (χ0n) is 17.1. The molecule has 0 aliphatic heterocycles. The molecular formula is C25H21F3N2O2. The van der Waals surface area contributed by atoms with Gasteiger partial charge < -0.3 is 9.67 Å². The Bertz CT molecular complexity index is 1230. The fourth-order valence-corrected chi connectivity index (χ4v) is 3.76. The first-order valence-corrected chi connectivity index (χ1v) is 10.2. The summed E-state index contributed by atoms with van der Waals surface area (Å²) < 4.78 is 40.6. The van der Waals surface area contributed by atoms with Crippen molar-refractivity contribution in [3.63, 3.8) is 0 Å². The molecule has 4 rings (SSSR count). The average Bonchev–Trinajstić information content (AvgIpc) is 3.14. The van der Waals surface area contributed by atoms with Crippen LogP contribution in [0.4, 0.5) is 13.2 Å². The molecule has 2 aromatic heterocycles. The summed E-state index contributed by atoms with van der Waals surface area (Å²) in [6.45, 7) is 0. The van der Waals surface area contributed by atoms with Crippen LogP contribution in [-0.4, -0.2) is 20.6 Å². The number of hydrogen-bond acceptors (Lipinski definition) is 2. The van der Waals surface area contributed by atoms with Crippen molar-refractivity contribution >= 4 is 16.9 Å². The molecule has 164 valence electrons. The quantitative estimate of drug-likeness (QED) is 0.394. The molecule has 32 heavy (non-hydrogen) atoms. The first kappa shape index (κ1) is 21.6. The zero-order valence-corrected chi connectivity index (χ0v) is 17.1. The second-order valence-corrected chi connectivity index (χ2v) is 7.66. The first-order valence-electron chi connectivity index (χ1n) is 10.2. The van der Waals surface area contributed by atoms with Gasteiger partial charge in [-0.2, -0.15) is 13.2 Å². The van der Waals surface area contributed by atoms with Crippen molar-refractivity contribution in [2.45, 2.75) is 31.9 Å². The summed E-state index contributed by atoms with van der Waals surface area (Å²) in [5.74, 6) is -0.465. The molecule has 4 aromatic rings. The largest absolute Gasteiger partial charge is 0.481 e. The Labute approximate surface area is 183 Å². The van der Waals surface area contributed by atoms with Gasteiger partial charge in [0.2, 0.25) is 0 Å².